The van der Waals surface area contributed by atoms with E-state index in [0.29, 0.717) is 0 Å². The number of nitrogens with zero attached hydrogens (tertiary/aromatic N) is 4. The molecule has 15 heavy (non-hydrogen) atoms. The Kier molecular flexibility index (Phi) is 2.24. The Morgan fingerprint density at radius 2 is 1.80 bits per heavy atom. The minimum Gasteiger partial charge on any atom is -0.370 e. The molecule has 2 rings (SSSR count). The van der Waals surface area contributed by atoms with Gasteiger partial charge in [0.2, 0.25) is 11.6 Å². The third-order valence-electron chi connectivity index (χ3n) is 2.12. The van der Waals surface area contributed by atoms with E-state index in [1.165, 1.54) is 0 Å². The van der Waals surface area contributed by atoms with Crippen molar-refractivity contribution < 1.29 is 4.79 Å². The topological polar surface area (TPSA) is 92.5 Å². The van der Waals surface area contributed by atoms with Crippen LogP contribution in [0.2, 0.25) is 0 Å². The number of amides is 1. The van der Waals surface area contributed by atoms with E-state index >= 15 is 0 Å². The van der Waals surface area contributed by atoms with Crippen LogP contribution in [0, 0.1) is 0 Å². The van der Waals surface area contributed by atoms with E-state index in [4.69, 9.17) is 5.73 Å². The first kappa shape index (κ1) is 9.45. The molecule has 6 nitrogen and oxygen atoms in total. The number of nitrogens with two attached hydrogens (primary N) is 1. The molecule has 0 atom stereocenters. The highest BCUT2D eigenvalue weighted by Crippen LogP contribution is 2.35. The smallest absolute Gasteiger partial charge is 0.228 e. The molecule has 0 spiro atoms. The van der Waals surface area contributed by atoms with Crippen LogP contribution in [0.1, 0.15) is 12.0 Å². The van der Waals surface area contributed by atoms with Gasteiger partial charge in [-0.1, -0.05) is 30.3 Å². The second-order valence-corrected chi connectivity index (χ2v) is 3.20. The zero-order chi connectivity index (χ0) is 10.7. The molecule has 0 unspecified atom stereocenters. The van der Waals surface area contributed by atoms with Crippen LogP contribution in [0.15, 0.2) is 51.0 Å². The summed E-state index contributed by atoms with van der Waals surface area (Å²) in [7, 11) is 0. The Hall–Kier alpha value is -2.11. The Morgan fingerprint density at radius 1 is 1.20 bits per heavy atom. The molecule has 76 valence electrons. The summed E-state index contributed by atoms with van der Waals surface area (Å²) >= 11 is 0. The lowest BCUT2D eigenvalue weighted by Gasteiger charge is -2.17. The minimum atomic E-state index is -1.05. The molecule has 1 heterocycles. The standard InChI is InChI=1S/C9H9N5O/c10-8(15)6-9(11-13-14-12-9)7-4-2-1-3-5-7/h1-5H,6H2,(H2,10,15). The van der Waals surface area contributed by atoms with E-state index in [-0.39, 0.29) is 6.42 Å². The maximum absolute atomic E-state index is 11.0. The van der Waals surface area contributed by atoms with Gasteiger partial charge >= 0.3 is 0 Å². The van der Waals surface area contributed by atoms with Gasteiger partial charge in [0, 0.05) is 5.56 Å². The highest BCUT2D eigenvalue weighted by Gasteiger charge is 2.37. The van der Waals surface area contributed by atoms with Gasteiger partial charge in [0.05, 0.1) is 6.42 Å². The highest BCUT2D eigenvalue weighted by atomic mass is 16.1. The van der Waals surface area contributed by atoms with Gasteiger partial charge in [-0.3, -0.25) is 4.79 Å². The minimum absolute atomic E-state index is 0.0238. The van der Waals surface area contributed by atoms with Crippen LogP contribution >= 0.6 is 0 Å². The van der Waals surface area contributed by atoms with Crippen LogP contribution in [0.5, 0.6) is 0 Å². The lowest BCUT2D eigenvalue weighted by molar-refractivity contribution is -0.119. The summed E-state index contributed by atoms with van der Waals surface area (Å²) in [6.45, 7) is 0. The van der Waals surface area contributed by atoms with Crippen molar-refractivity contribution in [2.45, 2.75) is 12.1 Å². The summed E-state index contributed by atoms with van der Waals surface area (Å²) in [6.07, 6.45) is -0.0238. The molecular weight excluding hydrogens is 194 g/mol. The average Bonchev–Trinajstić information content (AvgIpc) is 2.68. The zero-order valence-corrected chi connectivity index (χ0v) is 7.87. The molecule has 0 aromatic heterocycles. The average molecular weight is 203 g/mol. The van der Waals surface area contributed by atoms with Crippen LogP contribution in [-0.4, -0.2) is 5.91 Å². The third-order valence-corrected chi connectivity index (χ3v) is 2.12. The molecule has 1 aromatic rings. The summed E-state index contributed by atoms with van der Waals surface area (Å²) in [4.78, 5) is 11.0. The van der Waals surface area contributed by atoms with Crippen molar-refractivity contribution >= 4 is 5.91 Å². The molecule has 1 aliphatic rings. The number of carbonyl (C=O) groups is 1. The molecule has 1 aliphatic heterocycles. The van der Waals surface area contributed by atoms with Crippen LogP contribution in [0.3, 0.4) is 0 Å². The van der Waals surface area contributed by atoms with Crippen LogP contribution in [0.4, 0.5) is 0 Å². The largest absolute Gasteiger partial charge is 0.370 e. The molecule has 0 fully saturated rings. The number of benzene rings is 1. The zero-order valence-electron chi connectivity index (χ0n) is 7.87. The number of primary amides is 1. The first-order chi connectivity index (χ1) is 7.23. The summed E-state index contributed by atoms with van der Waals surface area (Å²) in [5.74, 6) is -0.487. The monoisotopic (exact) mass is 203 g/mol. The van der Waals surface area contributed by atoms with Crippen LogP contribution in [-0.2, 0) is 10.5 Å². The molecular formula is C9H9N5O. The molecule has 1 aromatic carbocycles. The molecule has 0 bridgehead atoms. The van der Waals surface area contributed by atoms with Crippen molar-refractivity contribution in [3.8, 4) is 0 Å². The second-order valence-electron chi connectivity index (χ2n) is 3.20. The molecule has 2 N–H and O–H groups in total. The first-order valence-corrected chi connectivity index (χ1v) is 4.41. The van der Waals surface area contributed by atoms with Crippen LogP contribution < -0.4 is 5.73 Å². The van der Waals surface area contributed by atoms with E-state index in [1.54, 1.807) is 0 Å². The predicted molar refractivity (Wildman–Crippen MR) is 51.6 cm³/mol. The van der Waals surface area contributed by atoms with E-state index in [2.05, 4.69) is 20.7 Å². The van der Waals surface area contributed by atoms with Gasteiger partial charge < -0.3 is 5.73 Å². The van der Waals surface area contributed by atoms with E-state index in [1.807, 2.05) is 30.3 Å². The van der Waals surface area contributed by atoms with Crippen molar-refractivity contribution in [2.75, 3.05) is 0 Å². The SMILES string of the molecule is NC(=O)CC1(c2ccccc2)N=NN=N1. The van der Waals surface area contributed by atoms with Gasteiger partial charge in [0.1, 0.15) is 0 Å². The fourth-order valence-corrected chi connectivity index (χ4v) is 1.44. The lowest BCUT2D eigenvalue weighted by atomic mass is 9.97. The van der Waals surface area contributed by atoms with Crippen molar-refractivity contribution in [2.24, 2.45) is 26.4 Å². The quantitative estimate of drug-likeness (QED) is 0.792. The van der Waals surface area contributed by atoms with E-state index in [9.17, 15) is 4.79 Å². The van der Waals surface area contributed by atoms with Gasteiger partial charge in [0.25, 0.3) is 0 Å². The molecule has 0 radical (unpaired) electrons. The third kappa shape index (κ3) is 1.74. The number of carbonyl (C=O) groups excluding carboxylic acids is 1. The van der Waals surface area contributed by atoms with Gasteiger partial charge in [-0.15, -0.1) is 10.2 Å². The Balaban J connectivity index is 2.40. The fourth-order valence-electron chi connectivity index (χ4n) is 1.44. The van der Waals surface area contributed by atoms with Gasteiger partial charge in [-0.25, -0.2) is 0 Å². The van der Waals surface area contributed by atoms with Crippen molar-refractivity contribution in [1.29, 1.82) is 0 Å². The highest BCUT2D eigenvalue weighted by molar-refractivity contribution is 5.75. The molecule has 1 amide bonds. The maximum atomic E-state index is 11.0. The maximum Gasteiger partial charge on any atom is 0.228 e. The van der Waals surface area contributed by atoms with Gasteiger partial charge in [0.15, 0.2) is 0 Å². The van der Waals surface area contributed by atoms with Crippen molar-refractivity contribution in [1.82, 2.24) is 0 Å². The fraction of sp³-hybridized carbons (Fsp3) is 0.222. The molecule has 6 heteroatoms. The molecule has 0 aliphatic carbocycles. The van der Waals surface area contributed by atoms with Crippen molar-refractivity contribution in [3.05, 3.63) is 35.9 Å². The normalized spacial score (nSPS) is 16.8. The summed E-state index contributed by atoms with van der Waals surface area (Å²) in [5, 5.41) is 14.6. The first-order valence-electron chi connectivity index (χ1n) is 4.41. The summed E-state index contributed by atoms with van der Waals surface area (Å²) < 4.78 is 0. The summed E-state index contributed by atoms with van der Waals surface area (Å²) in [5.41, 5.74) is 4.86. The number of hydrogen-bond acceptors (Lipinski definition) is 5. The second kappa shape index (κ2) is 3.56. The van der Waals surface area contributed by atoms with Gasteiger partial charge in [-0.05, 0) is 10.4 Å². The molecule has 0 saturated carbocycles. The predicted octanol–water partition coefficient (Wildman–Crippen LogP) is 1.55. The van der Waals surface area contributed by atoms with E-state index in [0.717, 1.165) is 5.56 Å². The van der Waals surface area contributed by atoms with E-state index < -0.39 is 11.6 Å². The van der Waals surface area contributed by atoms with Crippen LogP contribution in [0.25, 0.3) is 0 Å². The summed E-state index contributed by atoms with van der Waals surface area (Å²) in [6, 6.07) is 9.16. The molecule has 0 saturated heterocycles. The van der Waals surface area contributed by atoms with Crippen molar-refractivity contribution in [3.63, 3.8) is 0 Å². The lowest BCUT2D eigenvalue weighted by Crippen LogP contribution is -2.27. The Labute approximate surface area is 85.9 Å². The number of rotatable bonds is 3. The Bertz CT molecular complexity index is 413. The Morgan fingerprint density at radius 3 is 2.33 bits per heavy atom. The number of hydrogen-bond donors (Lipinski definition) is 1. The van der Waals surface area contributed by atoms with Gasteiger partial charge in [-0.2, -0.15) is 0 Å².